The molecule has 4 nitrogen and oxygen atoms in total. The lowest BCUT2D eigenvalue weighted by Crippen LogP contribution is -2.66. The molecule has 1 aliphatic rings. The van der Waals surface area contributed by atoms with Gasteiger partial charge in [-0.25, -0.2) is 0 Å². The van der Waals surface area contributed by atoms with Crippen LogP contribution in [0.3, 0.4) is 0 Å². The van der Waals surface area contributed by atoms with Crippen LogP contribution in [-0.4, -0.2) is 56.5 Å². The molecule has 0 aromatic heterocycles. The Kier molecular flexibility index (Phi) is 14.8. The first-order chi connectivity index (χ1) is 23.4. The number of allylic oxidation sites excluding steroid dienone is 3. The molecule has 1 aliphatic heterocycles. The zero-order chi connectivity index (χ0) is 38.5. The number of rotatable bonds is 14. The van der Waals surface area contributed by atoms with Crippen LogP contribution in [0.25, 0.3) is 0 Å². The summed E-state index contributed by atoms with van der Waals surface area (Å²) in [7, 11) is -6.47. The van der Waals surface area contributed by atoms with Gasteiger partial charge in [0.1, 0.15) is 6.10 Å². The standard InChI is InChI=1S/C44H74O4Si3/c1-34(35(2)30-31-45-51(44(10,11)12,37-25-19-17-20-26-37)38-27-21-18-22-28-38)24-23-29-39-36(3)32-40(48-50(15,16)43(7,8)9)41(47-39)33-46-49(13,14)42(4,5)6/h17-22,24-28,30,36,39-41H,23,29,31-33H2,1-16H3/b34-24+,35-30+/t36-,39-,40-,41+/m0/s1. The molecule has 2 aromatic rings. The Morgan fingerprint density at radius 2 is 1.18 bits per heavy atom. The van der Waals surface area contributed by atoms with Crippen LogP contribution in [0.5, 0.6) is 0 Å². The molecule has 3 rings (SSSR count). The van der Waals surface area contributed by atoms with Crippen LogP contribution in [0.4, 0.5) is 0 Å². The summed E-state index contributed by atoms with van der Waals surface area (Å²) in [5.41, 5.74) is 2.58. The van der Waals surface area contributed by atoms with Crippen LogP contribution in [0, 0.1) is 5.92 Å². The van der Waals surface area contributed by atoms with Crippen molar-refractivity contribution in [2.75, 3.05) is 13.2 Å². The van der Waals surface area contributed by atoms with E-state index in [0.717, 1.165) is 19.3 Å². The summed E-state index contributed by atoms with van der Waals surface area (Å²) in [5.74, 6) is 0.425. The smallest absolute Gasteiger partial charge is 0.261 e. The average molecular weight is 751 g/mol. The van der Waals surface area contributed by atoms with Gasteiger partial charge in [0.2, 0.25) is 0 Å². The second kappa shape index (κ2) is 17.3. The molecule has 0 aliphatic carbocycles. The Balaban J connectivity index is 1.74. The van der Waals surface area contributed by atoms with Gasteiger partial charge in [-0.3, -0.25) is 0 Å². The Hall–Kier alpha value is -1.59. The Morgan fingerprint density at radius 3 is 1.65 bits per heavy atom. The molecule has 7 heteroatoms. The first kappa shape index (κ1) is 43.8. The van der Waals surface area contributed by atoms with Crippen molar-refractivity contribution in [3.8, 4) is 0 Å². The predicted molar refractivity (Wildman–Crippen MR) is 228 cm³/mol. The fourth-order valence-electron chi connectivity index (χ4n) is 6.64. The monoisotopic (exact) mass is 750 g/mol. The van der Waals surface area contributed by atoms with Crippen molar-refractivity contribution in [2.24, 2.45) is 5.92 Å². The molecular formula is C44H74O4Si3. The molecule has 0 spiro atoms. The molecule has 1 saturated heterocycles. The van der Waals surface area contributed by atoms with Crippen molar-refractivity contribution < 1.29 is 18.0 Å². The quantitative estimate of drug-likeness (QED) is 0.142. The fourth-order valence-corrected chi connectivity index (χ4v) is 13.5. The summed E-state index contributed by atoms with van der Waals surface area (Å²) in [6.07, 6.45) is 7.87. The van der Waals surface area contributed by atoms with Crippen LogP contribution < -0.4 is 10.4 Å². The van der Waals surface area contributed by atoms with Gasteiger partial charge in [-0.2, -0.15) is 0 Å². The zero-order valence-electron chi connectivity index (χ0n) is 35.4. The van der Waals surface area contributed by atoms with E-state index in [4.69, 9.17) is 18.0 Å². The topological polar surface area (TPSA) is 36.9 Å². The Bertz CT molecular complexity index is 1390. The summed E-state index contributed by atoms with van der Waals surface area (Å²) in [4.78, 5) is 0. The summed E-state index contributed by atoms with van der Waals surface area (Å²) in [6.45, 7) is 38.3. The lowest BCUT2D eigenvalue weighted by atomic mass is 9.88. The zero-order valence-corrected chi connectivity index (χ0v) is 38.4. The van der Waals surface area contributed by atoms with E-state index < -0.39 is 25.0 Å². The predicted octanol–water partition coefficient (Wildman–Crippen LogP) is 11.4. The summed E-state index contributed by atoms with van der Waals surface area (Å²) < 4.78 is 28.0. The summed E-state index contributed by atoms with van der Waals surface area (Å²) in [5, 5.41) is 2.89. The SMILES string of the molecule is CC(=C\CC[C@@H]1O[C@H](CO[Si](C)(C)C(C)(C)C)[C@@H](O[Si](C)(C)C(C)(C)C)C[C@@H]1C)/C(C)=C/CO[Si](c1ccccc1)(c1ccccc1)C(C)(C)C. The molecule has 0 saturated carbocycles. The maximum absolute atomic E-state index is 7.14. The van der Waals surface area contributed by atoms with Gasteiger partial charge < -0.3 is 18.0 Å². The lowest BCUT2D eigenvalue weighted by molar-refractivity contribution is -0.150. The van der Waals surface area contributed by atoms with Crippen molar-refractivity contribution in [3.05, 3.63) is 84.0 Å². The van der Waals surface area contributed by atoms with Crippen LogP contribution in [0.2, 0.25) is 41.3 Å². The molecule has 4 atom stereocenters. The van der Waals surface area contributed by atoms with E-state index in [2.05, 4.69) is 182 Å². The number of benzene rings is 2. The van der Waals surface area contributed by atoms with Crippen LogP contribution >= 0.6 is 0 Å². The van der Waals surface area contributed by atoms with E-state index in [1.807, 2.05) is 0 Å². The van der Waals surface area contributed by atoms with Crippen LogP contribution in [0.15, 0.2) is 84.0 Å². The normalized spacial score (nSPS) is 22.0. The van der Waals surface area contributed by atoms with Crippen molar-refractivity contribution >= 4 is 35.3 Å². The van der Waals surface area contributed by atoms with Gasteiger partial charge in [-0.15, -0.1) is 0 Å². The second-order valence-corrected chi connectivity index (χ2v) is 33.1. The molecule has 51 heavy (non-hydrogen) atoms. The largest absolute Gasteiger partial charge is 0.414 e. The van der Waals surface area contributed by atoms with Gasteiger partial charge in [0, 0.05) is 0 Å². The highest BCUT2D eigenvalue weighted by atomic mass is 28.4. The van der Waals surface area contributed by atoms with Crippen molar-refractivity contribution in [1.29, 1.82) is 0 Å². The van der Waals surface area contributed by atoms with Gasteiger partial charge in [0.25, 0.3) is 8.32 Å². The van der Waals surface area contributed by atoms with E-state index >= 15 is 0 Å². The molecule has 2 aromatic carbocycles. The molecule has 1 fully saturated rings. The van der Waals surface area contributed by atoms with E-state index in [1.165, 1.54) is 21.5 Å². The van der Waals surface area contributed by atoms with Gasteiger partial charge >= 0.3 is 0 Å². The van der Waals surface area contributed by atoms with Crippen LogP contribution in [-0.2, 0) is 18.0 Å². The summed E-state index contributed by atoms with van der Waals surface area (Å²) in [6, 6.07) is 21.8. The number of hydrogen-bond acceptors (Lipinski definition) is 4. The highest BCUT2D eigenvalue weighted by Gasteiger charge is 2.50. The van der Waals surface area contributed by atoms with Gasteiger partial charge in [-0.05, 0) is 90.7 Å². The Labute approximate surface area is 317 Å². The molecule has 0 radical (unpaired) electrons. The average Bonchev–Trinajstić information content (AvgIpc) is 3.02. The highest BCUT2D eigenvalue weighted by Crippen LogP contribution is 2.42. The summed E-state index contributed by atoms with van der Waals surface area (Å²) >= 11 is 0. The minimum Gasteiger partial charge on any atom is -0.414 e. The van der Waals surface area contributed by atoms with E-state index in [0.29, 0.717) is 19.1 Å². The van der Waals surface area contributed by atoms with Gasteiger partial charge in [0.05, 0.1) is 25.4 Å². The molecule has 1 heterocycles. The molecule has 0 N–H and O–H groups in total. The maximum atomic E-state index is 7.14. The molecule has 286 valence electrons. The first-order valence-electron chi connectivity index (χ1n) is 19.5. The minimum atomic E-state index is -2.57. The number of hydrogen-bond donors (Lipinski definition) is 0. The third kappa shape index (κ3) is 11.0. The highest BCUT2D eigenvalue weighted by molar-refractivity contribution is 6.99. The van der Waals surface area contributed by atoms with Crippen molar-refractivity contribution in [1.82, 2.24) is 0 Å². The minimum absolute atomic E-state index is 0.0403. The fraction of sp³-hybridized carbons (Fsp3) is 0.636. The molecule has 0 bridgehead atoms. The van der Waals surface area contributed by atoms with E-state index in [-0.39, 0.29) is 33.4 Å². The third-order valence-corrected chi connectivity index (χ3v) is 26.3. The van der Waals surface area contributed by atoms with Gasteiger partial charge in [-0.1, -0.05) is 153 Å². The van der Waals surface area contributed by atoms with E-state index in [1.54, 1.807) is 0 Å². The van der Waals surface area contributed by atoms with Crippen LogP contribution in [0.1, 0.15) is 102 Å². The number of ether oxygens (including phenoxy) is 1. The second-order valence-electron chi connectivity index (χ2n) is 19.2. The molecular weight excluding hydrogens is 677 g/mol. The van der Waals surface area contributed by atoms with Crippen molar-refractivity contribution in [2.45, 2.75) is 162 Å². The maximum Gasteiger partial charge on any atom is 0.261 e. The Morgan fingerprint density at radius 1 is 0.686 bits per heavy atom. The van der Waals surface area contributed by atoms with E-state index in [9.17, 15) is 0 Å². The lowest BCUT2D eigenvalue weighted by Gasteiger charge is -2.47. The van der Waals surface area contributed by atoms with Crippen molar-refractivity contribution in [3.63, 3.8) is 0 Å². The first-order valence-corrected chi connectivity index (χ1v) is 27.2. The molecule has 0 amide bonds. The third-order valence-electron chi connectivity index (χ3n) is 12.3. The molecule has 0 unspecified atom stereocenters. The van der Waals surface area contributed by atoms with Gasteiger partial charge in [0.15, 0.2) is 16.6 Å².